The molecule has 2 heterocycles. The van der Waals surface area contributed by atoms with Gasteiger partial charge in [0.25, 0.3) is 0 Å². The molecule has 4 nitrogen and oxygen atoms in total. The summed E-state index contributed by atoms with van der Waals surface area (Å²) in [5.74, 6) is 0.530. The average molecular weight is 255 g/mol. The number of nitrogens with two attached hydrogens (primary N) is 1. The van der Waals surface area contributed by atoms with Gasteiger partial charge in [0.15, 0.2) is 11.5 Å². The molecule has 0 aromatic carbocycles. The van der Waals surface area contributed by atoms with E-state index in [0.29, 0.717) is 5.82 Å². The molecule has 0 amide bonds. The third kappa shape index (κ3) is 1.37. The van der Waals surface area contributed by atoms with Gasteiger partial charge in [0, 0.05) is 16.7 Å². The van der Waals surface area contributed by atoms with Crippen molar-refractivity contribution in [2.24, 2.45) is 0 Å². The lowest BCUT2D eigenvalue weighted by Crippen LogP contribution is -2.03. The number of rotatable bonds is 1. The van der Waals surface area contributed by atoms with E-state index in [1.54, 1.807) is 6.20 Å². The highest BCUT2D eigenvalue weighted by molar-refractivity contribution is 9.10. The van der Waals surface area contributed by atoms with Crippen molar-refractivity contribution in [3.05, 3.63) is 16.7 Å². The summed E-state index contributed by atoms with van der Waals surface area (Å²) < 4.78 is 2.75. The summed E-state index contributed by atoms with van der Waals surface area (Å²) in [7, 11) is 0. The minimum Gasteiger partial charge on any atom is -0.382 e. The Morgan fingerprint density at radius 1 is 1.50 bits per heavy atom. The Bertz CT molecular complexity index is 475. The van der Waals surface area contributed by atoms with Crippen LogP contribution in [0.3, 0.4) is 0 Å². The van der Waals surface area contributed by atoms with Gasteiger partial charge in [-0.25, -0.2) is 9.67 Å². The van der Waals surface area contributed by atoms with Crippen LogP contribution in [0.1, 0.15) is 19.9 Å². The second-order valence-corrected chi connectivity index (χ2v) is 4.36. The first-order valence-electron chi connectivity index (χ1n) is 4.39. The summed E-state index contributed by atoms with van der Waals surface area (Å²) in [6, 6.07) is 2.20. The SMILES string of the molecule is CC(C)n1nc(N)c2cc(Br)cnc21. The summed E-state index contributed by atoms with van der Waals surface area (Å²) in [5.41, 5.74) is 6.62. The van der Waals surface area contributed by atoms with Crippen LogP contribution in [0.15, 0.2) is 16.7 Å². The quantitative estimate of drug-likeness (QED) is 0.850. The van der Waals surface area contributed by atoms with Crippen molar-refractivity contribution >= 4 is 32.8 Å². The molecule has 2 aromatic heterocycles. The van der Waals surface area contributed by atoms with Crippen molar-refractivity contribution in [1.82, 2.24) is 14.8 Å². The fourth-order valence-electron chi connectivity index (χ4n) is 1.38. The van der Waals surface area contributed by atoms with Crippen LogP contribution in [-0.2, 0) is 0 Å². The first-order chi connectivity index (χ1) is 6.59. The van der Waals surface area contributed by atoms with Crippen molar-refractivity contribution in [1.29, 1.82) is 0 Å². The number of hydrogen-bond acceptors (Lipinski definition) is 3. The lowest BCUT2D eigenvalue weighted by Gasteiger charge is -2.04. The Hall–Kier alpha value is -1.10. The Balaban J connectivity index is 2.77. The largest absolute Gasteiger partial charge is 0.382 e. The normalized spacial score (nSPS) is 11.4. The molecule has 0 saturated carbocycles. The molecule has 14 heavy (non-hydrogen) atoms. The summed E-state index contributed by atoms with van der Waals surface area (Å²) in [6.45, 7) is 4.10. The van der Waals surface area contributed by atoms with Gasteiger partial charge in [-0.2, -0.15) is 5.10 Å². The molecule has 74 valence electrons. The van der Waals surface area contributed by atoms with Crippen LogP contribution in [0, 0.1) is 0 Å². The van der Waals surface area contributed by atoms with Crippen LogP contribution in [0.4, 0.5) is 5.82 Å². The smallest absolute Gasteiger partial charge is 0.160 e. The van der Waals surface area contributed by atoms with Crippen LogP contribution < -0.4 is 5.73 Å². The van der Waals surface area contributed by atoms with Gasteiger partial charge in [-0.05, 0) is 35.8 Å². The van der Waals surface area contributed by atoms with Crippen LogP contribution in [0.2, 0.25) is 0 Å². The van der Waals surface area contributed by atoms with E-state index >= 15 is 0 Å². The molecule has 0 aliphatic rings. The maximum atomic E-state index is 5.79. The van der Waals surface area contributed by atoms with E-state index in [-0.39, 0.29) is 6.04 Å². The highest BCUT2D eigenvalue weighted by Crippen LogP contribution is 2.24. The molecule has 0 atom stereocenters. The van der Waals surface area contributed by atoms with E-state index in [1.807, 2.05) is 10.7 Å². The van der Waals surface area contributed by atoms with Gasteiger partial charge in [-0.3, -0.25) is 0 Å². The molecule has 0 aliphatic heterocycles. The van der Waals surface area contributed by atoms with E-state index in [4.69, 9.17) is 5.73 Å². The molecule has 2 aromatic rings. The third-order valence-corrected chi connectivity index (χ3v) is 2.46. The predicted octanol–water partition coefficient (Wildman–Crippen LogP) is 2.36. The van der Waals surface area contributed by atoms with E-state index in [0.717, 1.165) is 15.5 Å². The fraction of sp³-hybridized carbons (Fsp3) is 0.333. The van der Waals surface area contributed by atoms with Gasteiger partial charge < -0.3 is 5.73 Å². The zero-order chi connectivity index (χ0) is 10.3. The first-order valence-corrected chi connectivity index (χ1v) is 5.18. The lowest BCUT2D eigenvalue weighted by atomic mass is 10.3. The number of aromatic nitrogens is 3. The number of hydrogen-bond donors (Lipinski definition) is 1. The molecular formula is C9H11BrN4. The maximum absolute atomic E-state index is 5.79. The average Bonchev–Trinajstić information content (AvgIpc) is 2.44. The highest BCUT2D eigenvalue weighted by Gasteiger charge is 2.11. The Labute approximate surface area is 90.2 Å². The van der Waals surface area contributed by atoms with Gasteiger partial charge in [0.2, 0.25) is 0 Å². The standard InChI is InChI=1S/C9H11BrN4/c1-5(2)14-9-7(8(11)13-14)3-6(10)4-12-9/h3-5H,1-2H3,(H2,11,13). The van der Waals surface area contributed by atoms with Crippen LogP contribution >= 0.6 is 15.9 Å². The zero-order valence-corrected chi connectivity index (χ0v) is 9.62. The molecular weight excluding hydrogens is 244 g/mol. The molecule has 0 bridgehead atoms. The van der Waals surface area contributed by atoms with Gasteiger partial charge in [0.1, 0.15) is 0 Å². The lowest BCUT2D eigenvalue weighted by molar-refractivity contribution is 0.548. The molecule has 0 aliphatic carbocycles. The summed E-state index contributed by atoms with van der Waals surface area (Å²) in [6.07, 6.45) is 1.75. The Morgan fingerprint density at radius 3 is 2.86 bits per heavy atom. The molecule has 0 unspecified atom stereocenters. The van der Waals surface area contributed by atoms with Crippen LogP contribution in [-0.4, -0.2) is 14.8 Å². The molecule has 0 fully saturated rings. The molecule has 0 radical (unpaired) electrons. The molecule has 2 N–H and O–H groups in total. The second kappa shape index (κ2) is 3.24. The fourth-order valence-corrected chi connectivity index (χ4v) is 1.71. The number of pyridine rings is 1. The first kappa shape index (κ1) is 9.45. The maximum Gasteiger partial charge on any atom is 0.160 e. The van der Waals surface area contributed by atoms with Crippen molar-refractivity contribution in [3.8, 4) is 0 Å². The van der Waals surface area contributed by atoms with Gasteiger partial charge in [-0.15, -0.1) is 0 Å². The number of nitrogens with zero attached hydrogens (tertiary/aromatic N) is 3. The number of fused-ring (bicyclic) bond motifs is 1. The summed E-state index contributed by atoms with van der Waals surface area (Å²) in [5, 5.41) is 5.14. The minimum atomic E-state index is 0.267. The van der Waals surface area contributed by atoms with Crippen molar-refractivity contribution < 1.29 is 0 Å². The number of anilines is 1. The molecule has 2 rings (SSSR count). The molecule has 5 heteroatoms. The third-order valence-electron chi connectivity index (χ3n) is 2.03. The predicted molar refractivity (Wildman–Crippen MR) is 60.0 cm³/mol. The van der Waals surface area contributed by atoms with E-state index in [2.05, 4.69) is 39.9 Å². The van der Waals surface area contributed by atoms with Crippen molar-refractivity contribution in [2.75, 3.05) is 5.73 Å². The Kier molecular flexibility index (Phi) is 2.19. The topological polar surface area (TPSA) is 56.7 Å². The van der Waals surface area contributed by atoms with Crippen LogP contribution in [0.25, 0.3) is 11.0 Å². The van der Waals surface area contributed by atoms with Crippen molar-refractivity contribution in [2.45, 2.75) is 19.9 Å². The Morgan fingerprint density at radius 2 is 2.21 bits per heavy atom. The van der Waals surface area contributed by atoms with Crippen molar-refractivity contribution in [3.63, 3.8) is 0 Å². The summed E-state index contributed by atoms with van der Waals surface area (Å²) in [4.78, 5) is 4.30. The van der Waals surface area contributed by atoms with Crippen LogP contribution in [0.5, 0.6) is 0 Å². The monoisotopic (exact) mass is 254 g/mol. The van der Waals surface area contributed by atoms with Gasteiger partial charge in [-0.1, -0.05) is 0 Å². The number of halogens is 1. The summed E-state index contributed by atoms with van der Waals surface area (Å²) >= 11 is 3.36. The molecule has 0 spiro atoms. The van der Waals surface area contributed by atoms with E-state index < -0.39 is 0 Å². The molecule has 0 saturated heterocycles. The van der Waals surface area contributed by atoms with E-state index in [9.17, 15) is 0 Å². The highest BCUT2D eigenvalue weighted by atomic mass is 79.9. The minimum absolute atomic E-state index is 0.267. The van der Waals surface area contributed by atoms with Gasteiger partial charge >= 0.3 is 0 Å². The van der Waals surface area contributed by atoms with Gasteiger partial charge in [0.05, 0.1) is 5.39 Å². The number of nitrogen functional groups attached to an aromatic ring is 1. The second-order valence-electron chi connectivity index (χ2n) is 3.45. The zero-order valence-electron chi connectivity index (χ0n) is 8.03. The van der Waals surface area contributed by atoms with E-state index in [1.165, 1.54) is 0 Å².